The van der Waals surface area contributed by atoms with Gasteiger partial charge in [-0.3, -0.25) is 0 Å². The molecule has 0 saturated heterocycles. The fourth-order valence-corrected chi connectivity index (χ4v) is 1.12. The minimum Gasteiger partial charge on any atom is -0.422 e. The topological polar surface area (TPSA) is 26.3 Å². The molecule has 0 fully saturated rings. The zero-order valence-electron chi connectivity index (χ0n) is 8.12. The smallest absolute Gasteiger partial charge is 0.335 e. The van der Waals surface area contributed by atoms with Crippen LogP contribution in [0.3, 0.4) is 0 Å². The summed E-state index contributed by atoms with van der Waals surface area (Å²) in [6.07, 6.45) is 2.79. The molecule has 0 aromatic heterocycles. The molecule has 1 rings (SSSR count). The molecule has 2 heteroatoms. The van der Waals surface area contributed by atoms with Gasteiger partial charge in [0.05, 0.1) is 0 Å². The molecule has 2 nitrogen and oxygen atoms in total. The van der Waals surface area contributed by atoms with Crippen molar-refractivity contribution in [3.8, 4) is 5.75 Å². The molecule has 0 amide bonds. The molecule has 0 heterocycles. The quantitative estimate of drug-likeness (QED) is 0.414. The van der Waals surface area contributed by atoms with E-state index in [1.165, 1.54) is 0 Å². The molecule has 72 valence electrons. The van der Waals surface area contributed by atoms with Crippen molar-refractivity contribution in [2.45, 2.75) is 6.92 Å². The SMILES string of the molecule is C=CC(=O)Oc1c(C)cccc1C=C. The summed E-state index contributed by atoms with van der Waals surface area (Å²) in [5.41, 5.74) is 1.71. The number of carbonyl (C=O) groups excluding carboxylic acids is 1. The summed E-state index contributed by atoms with van der Waals surface area (Å²) in [5, 5.41) is 0. The zero-order valence-corrected chi connectivity index (χ0v) is 8.12. The Bertz CT molecular complexity index is 378. The maximum absolute atomic E-state index is 11.0. The van der Waals surface area contributed by atoms with Crippen LogP contribution < -0.4 is 4.74 Å². The third-order valence-electron chi connectivity index (χ3n) is 1.83. The third kappa shape index (κ3) is 2.10. The monoisotopic (exact) mass is 188 g/mol. The van der Waals surface area contributed by atoms with Gasteiger partial charge in [0.15, 0.2) is 0 Å². The number of para-hydroxylation sites is 1. The van der Waals surface area contributed by atoms with Gasteiger partial charge in [-0.25, -0.2) is 4.79 Å². The Morgan fingerprint density at radius 2 is 2.14 bits per heavy atom. The van der Waals surface area contributed by atoms with Crippen LogP contribution in [-0.4, -0.2) is 5.97 Å². The Kier molecular flexibility index (Phi) is 3.24. The first-order valence-corrected chi connectivity index (χ1v) is 4.25. The van der Waals surface area contributed by atoms with Crippen molar-refractivity contribution >= 4 is 12.0 Å². The first-order valence-electron chi connectivity index (χ1n) is 4.25. The highest BCUT2D eigenvalue weighted by Crippen LogP contribution is 2.24. The van der Waals surface area contributed by atoms with Gasteiger partial charge in [-0.05, 0) is 12.5 Å². The molecular formula is C12H12O2. The van der Waals surface area contributed by atoms with Crippen LogP contribution in [0, 0.1) is 6.92 Å². The molecule has 14 heavy (non-hydrogen) atoms. The summed E-state index contributed by atoms with van der Waals surface area (Å²) in [6, 6.07) is 5.60. The first-order chi connectivity index (χ1) is 6.69. The van der Waals surface area contributed by atoms with Crippen molar-refractivity contribution < 1.29 is 9.53 Å². The van der Waals surface area contributed by atoms with E-state index in [9.17, 15) is 4.79 Å². The summed E-state index contributed by atoms with van der Waals surface area (Å²) in [7, 11) is 0. The fourth-order valence-electron chi connectivity index (χ4n) is 1.12. The number of ether oxygens (including phenoxy) is 1. The van der Waals surface area contributed by atoms with Gasteiger partial charge in [0.25, 0.3) is 0 Å². The highest BCUT2D eigenvalue weighted by atomic mass is 16.5. The minimum absolute atomic E-state index is 0.456. The van der Waals surface area contributed by atoms with Crippen molar-refractivity contribution in [2.24, 2.45) is 0 Å². The van der Waals surface area contributed by atoms with E-state index < -0.39 is 5.97 Å². The number of hydrogen-bond donors (Lipinski definition) is 0. The van der Waals surface area contributed by atoms with Crippen LogP contribution in [0.2, 0.25) is 0 Å². The van der Waals surface area contributed by atoms with Crippen molar-refractivity contribution in [1.29, 1.82) is 0 Å². The van der Waals surface area contributed by atoms with Gasteiger partial charge in [0, 0.05) is 11.6 Å². The van der Waals surface area contributed by atoms with Gasteiger partial charge in [0.2, 0.25) is 0 Å². The van der Waals surface area contributed by atoms with E-state index in [0.717, 1.165) is 17.2 Å². The van der Waals surface area contributed by atoms with Gasteiger partial charge in [-0.2, -0.15) is 0 Å². The largest absolute Gasteiger partial charge is 0.422 e. The zero-order chi connectivity index (χ0) is 10.6. The average molecular weight is 188 g/mol. The Labute approximate surface area is 83.5 Å². The number of benzene rings is 1. The van der Waals surface area contributed by atoms with E-state index in [4.69, 9.17) is 4.74 Å². The lowest BCUT2D eigenvalue weighted by Gasteiger charge is -2.08. The van der Waals surface area contributed by atoms with Crippen LogP contribution in [0.25, 0.3) is 6.08 Å². The Morgan fingerprint density at radius 1 is 1.43 bits per heavy atom. The molecule has 0 N–H and O–H groups in total. The summed E-state index contributed by atoms with van der Waals surface area (Å²) in [4.78, 5) is 11.0. The van der Waals surface area contributed by atoms with Crippen molar-refractivity contribution in [1.82, 2.24) is 0 Å². The molecule has 1 aromatic rings. The average Bonchev–Trinajstić information content (AvgIpc) is 2.20. The van der Waals surface area contributed by atoms with Gasteiger partial charge < -0.3 is 4.74 Å². The number of aryl methyl sites for hydroxylation is 1. The molecule has 0 radical (unpaired) electrons. The maximum Gasteiger partial charge on any atom is 0.335 e. The lowest BCUT2D eigenvalue weighted by molar-refractivity contribution is -0.129. The fraction of sp³-hybridized carbons (Fsp3) is 0.0833. The molecule has 0 saturated carbocycles. The van der Waals surface area contributed by atoms with Crippen molar-refractivity contribution in [3.63, 3.8) is 0 Å². The Hall–Kier alpha value is -1.83. The van der Waals surface area contributed by atoms with Crippen molar-refractivity contribution in [3.05, 3.63) is 48.6 Å². The van der Waals surface area contributed by atoms with Gasteiger partial charge in [-0.1, -0.05) is 37.4 Å². The third-order valence-corrected chi connectivity index (χ3v) is 1.83. The minimum atomic E-state index is -0.456. The van der Waals surface area contributed by atoms with E-state index in [-0.39, 0.29) is 0 Å². The number of hydrogen-bond acceptors (Lipinski definition) is 2. The molecule has 0 aliphatic heterocycles. The van der Waals surface area contributed by atoms with Gasteiger partial charge in [-0.15, -0.1) is 0 Å². The van der Waals surface area contributed by atoms with E-state index in [1.54, 1.807) is 6.08 Å². The molecule has 0 aliphatic rings. The predicted octanol–water partition coefficient (Wildman–Crippen LogP) is 2.73. The number of rotatable bonds is 3. The Morgan fingerprint density at radius 3 is 2.71 bits per heavy atom. The maximum atomic E-state index is 11.0. The highest BCUT2D eigenvalue weighted by molar-refractivity contribution is 5.84. The van der Waals surface area contributed by atoms with Crippen LogP contribution in [0.15, 0.2) is 37.4 Å². The number of esters is 1. The summed E-state index contributed by atoms with van der Waals surface area (Å²) >= 11 is 0. The van der Waals surface area contributed by atoms with Crippen LogP contribution in [0.5, 0.6) is 5.75 Å². The second kappa shape index (κ2) is 4.42. The van der Waals surface area contributed by atoms with Crippen LogP contribution in [-0.2, 0) is 4.79 Å². The lowest BCUT2D eigenvalue weighted by atomic mass is 10.1. The second-order valence-electron chi connectivity index (χ2n) is 2.82. The first kappa shape index (κ1) is 10.3. The molecule has 0 spiro atoms. The van der Waals surface area contributed by atoms with E-state index in [1.807, 2.05) is 25.1 Å². The molecule has 1 aromatic carbocycles. The van der Waals surface area contributed by atoms with Crippen molar-refractivity contribution in [2.75, 3.05) is 0 Å². The number of carbonyl (C=O) groups is 1. The van der Waals surface area contributed by atoms with Gasteiger partial charge in [0.1, 0.15) is 5.75 Å². The molecule has 0 unspecified atom stereocenters. The normalized spacial score (nSPS) is 9.21. The van der Waals surface area contributed by atoms with E-state index in [0.29, 0.717) is 5.75 Å². The van der Waals surface area contributed by atoms with E-state index >= 15 is 0 Å². The summed E-state index contributed by atoms with van der Waals surface area (Å²) in [6.45, 7) is 8.86. The molecule has 0 bridgehead atoms. The second-order valence-corrected chi connectivity index (χ2v) is 2.82. The van der Waals surface area contributed by atoms with Crippen LogP contribution >= 0.6 is 0 Å². The molecular weight excluding hydrogens is 176 g/mol. The highest BCUT2D eigenvalue weighted by Gasteiger charge is 2.06. The Balaban J connectivity index is 3.10. The van der Waals surface area contributed by atoms with Crippen LogP contribution in [0.4, 0.5) is 0 Å². The van der Waals surface area contributed by atoms with Gasteiger partial charge >= 0.3 is 5.97 Å². The molecule has 0 atom stereocenters. The predicted molar refractivity (Wildman–Crippen MR) is 57.1 cm³/mol. The summed E-state index contributed by atoms with van der Waals surface area (Å²) in [5.74, 6) is 0.0924. The standard InChI is InChI=1S/C12H12O2/c1-4-10-8-6-7-9(3)12(10)14-11(13)5-2/h4-8H,1-2H2,3H3. The van der Waals surface area contributed by atoms with Crippen LogP contribution in [0.1, 0.15) is 11.1 Å². The molecule has 0 aliphatic carbocycles. The summed E-state index contributed by atoms with van der Waals surface area (Å²) < 4.78 is 5.09. The van der Waals surface area contributed by atoms with E-state index in [2.05, 4.69) is 13.2 Å². The lowest BCUT2D eigenvalue weighted by Crippen LogP contribution is -2.05.